The van der Waals surface area contributed by atoms with Crippen LogP contribution in [0.3, 0.4) is 0 Å². The summed E-state index contributed by atoms with van der Waals surface area (Å²) in [5.74, 6) is 0.722. The third-order valence-electron chi connectivity index (χ3n) is 2.23. The number of nitrogens with two attached hydrogens (primary N) is 1. The maximum absolute atomic E-state index is 8.90. The smallest absolute Gasteiger partial charge is 0.166 e. The Hall–Kier alpha value is -1.86. The fourth-order valence-electron chi connectivity index (χ4n) is 1.59. The van der Waals surface area contributed by atoms with E-state index in [1.807, 2.05) is 29.7 Å². The number of hydrogen-bond donors (Lipinski definition) is 1. The Bertz CT molecular complexity index is 519. The Morgan fingerprint density at radius 1 is 1.64 bits per heavy atom. The van der Waals surface area contributed by atoms with Crippen molar-refractivity contribution in [2.75, 3.05) is 0 Å². The van der Waals surface area contributed by atoms with Gasteiger partial charge in [-0.3, -0.25) is 0 Å². The molecule has 0 aliphatic heterocycles. The topological polar surface area (TPSA) is 67.1 Å². The van der Waals surface area contributed by atoms with E-state index in [2.05, 4.69) is 11.1 Å². The molecule has 0 aliphatic carbocycles. The summed E-state index contributed by atoms with van der Waals surface area (Å²) < 4.78 is 1.87. The second kappa shape index (κ2) is 3.13. The van der Waals surface area contributed by atoms with Crippen molar-refractivity contribution < 1.29 is 0 Å². The average Bonchev–Trinajstić information content (AvgIpc) is 2.57. The first-order valence-electron chi connectivity index (χ1n) is 4.34. The van der Waals surface area contributed by atoms with Gasteiger partial charge in [0, 0.05) is 6.20 Å². The predicted molar refractivity (Wildman–Crippen MR) is 52.5 cm³/mol. The molecule has 0 saturated heterocycles. The lowest BCUT2D eigenvalue weighted by molar-refractivity contribution is 0.900. The minimum atomic E-state index is 0.340. The highest BCUT2D eigenvalue weighted by atomic mass is 15.0. The molecule has 0 aliphatic rings. The highest BCUT2D eigenvalue weighted by Crippen LogP contribution is 2.16. The summed E-state index contributed by atoms with van der Waals surface area (Å²) in [5.41, 5.74) is 7.88. The molecule has 4 heteroatoms. The van der Waals surface area contributed by atoms with Crippen LogP contribution in [0.15, 0.2) is 18.3 Å². The lowest BCUT2D eigenvalue weighted by Crippen LogP contribution is -2.02. The highest BCUT2D eigenvalue weighted by molar-refractivity contribution is 5.63. The molecule has 0 saturated carbocycles. The van der Waals surface area contributed by atoms with Crippen molar-refractivity contribution in [3.05, 3.63) is 35.4 Å². The first kappa shape index (κ1) is 8.73. The molecule has 2 rings (SSSR count). The molecule has 4 nitrogen and oxygen atoms in total. The van der Waals surface area contributed by atoms with E-state index in [9.17, 15) is 0 Å². The Kier molecular flexibility index (Phi) is 1.95. The molecule has 0 aromatic carbocycles. The van der Waals surface area contributed by atoms with Gasteiger partial charge in [-0.25, -0.2) is 4.98 Å². The van der Waals surface area contributed by atoms with Gasteiger partial charge in [0.15, 0.2) is 5.69 Å². The summed E-state index contributed by atoms with van der Waals surface area (Å²) in [4.78, 5) is 4.16. The number of nitriles is 1. The van der Waals surface area contributed by atoms with E-state index in [0.717, 1.165) is 16.9 Å². The van der Waals surface area contributed by atoms with E-state index in [0.29, 0.717) is 12.2 Å². The van der Waals surface area contributed by atoms with Crippen LogP contribution in [0.5, 0.6) is 0 Å². The number of fused-ring (bicyclic) bond motifs is 1. The van der Waals surface area contributed by atoms with Gasteiger partial charge in [0.1, 0.15) is 11.9 Å². The van der Waals surface area contributed by atoms with Crippen LogP contribution in [-0.2, 0) is 6.54 Å². The van der Waals surface area contributed by atoms with Crippen molar-refractivity contribution >= 4 is 5.52 Å². The molecule has 2 aromatic heterocycles. The second-order valence-corrected chi connectivity index (χ2v) is 3.10. The first-order chi connectivity index (χ1) is 6.77. The van der Waals surface area contributed by atoms with Crippen LogP contribution in [0.2, 0.25) is 0 Å². The van der Waals surface area contributed by atoms with Crippen molar-refractivity contribution in [2.45, 2.75) is 13.5 Å². The number of rotatable bonds is 1. The fourth-order valence-corrected chi connectivity index (χ4v) is 1.59. The van der Waals surface area contributed by atoms with Crippen LogP contribution >= 0.6 is 0 Å². The van der Waals surface area contributed by atoms with E-state index >= 15 is 0 Å². The molecular formula is C10H10N4. The zero-order chi connectivity index (χ0) is 10.1. The predicted octanol–water partition coefficient (Wildman–Crippen LogP) is 0.973. The number of aromatic nitrogens is 2. The Labute approximate surface area is 81.6 Å². The van der Waals surface area contributed by atoms with Crippen molar-refractivity contribution in [1.29, 1.82) is 5.26 Å². The van der Waals surface area contributed by atoms with Gasteiger partial charge in [-0.05, 0) is 18.6 Å². The number of aryl methyl sites for hydroxylation is 1. The average molecular weight is 186 g/mol. The standard InChI is InChI=1S/C10H10N4/c1-7-3-2-4-14-9(6-12)13-8(5-11)10(7)14/h2-4H,6,12H2,1H3. The van der Waals surface area contributed by atoms with E-state index in [4.69, 9.17) is 11.0 Å². The molecule has 0 amide bonds. The largest absolute Gasteiger partial charge is 0.324 e. The van der Waals surface area contributed by atoms with Crippen LogP contribution < -0.4 is 5.73 Å². The zero-order valence-corrected chi connectivity index (χ0v) is 7.86. The summed E-state index contributed by atoms with van der Waals surface area (Å²) in [5, 5.41) is 8.90. The molecule has 2 N–H and O–H groups in total. The summed E-state index contributed by atoms with van der Waals surface area (Å²) in [6.45, 7) is 2.30. The van der Waals surface area contributed by atoms with Gasteiger partial charge in [0.2, 0.25) is 0 Å². The highest BCUT2D eigenvalue weighted by Gasteiger charge is 2.10. The van der Waals surface area contributed by atoms with Gasteiger partial charge in [0.05, 0.1) is 12.1 Å². The van der Waals surface area contributed by atoms with Crippen LogP contribution in [0.1, 0.15) is 17.1 Å². The van der Waals surface area contributed by atoms with Crippen molar-refractivity contribution in [3.63, 3.8) is 0 Å². The molecule has 0 fully saturated rings. The Balaban J connectivity index is 2.91. The summed E-state index contributed by atoms with van der Waals surface area (Å²) in [6.07, 6.45) is 1.87. The minimum absolute atomic E-state index is 0.340. The van der Waals surface area contributed by atoms with Gasteiger partial charge in [-0.15, -0.1) is 0 Å². The maximum Gasteiger partial charge on any atom is 0.166 e. The van der Waals surface area contributed by atoms with Gasteiger partial charge >= 0.3 is 0 Å². The van der Waals surface area contributed by atoms with E-state index in [-0.39, 0.29) is 0 Å². The second-order valence-electron chi connectivity index (χ2n) is 3.10. The lowest BCUT2D eigenvalue weighted by atomic mass is 10.2. The van der Waals surface area contributed by atoms with Gasteiger partial charge in [0.25, 0.3) is 0 Å². The maximum atomic E-state index is 8.90. The zero-order valence-electron chi connectivity index (χ0n) is 7.86. The number of imidazole rings is 1. The Morgan fingerprint density at radius 3 is 3.07 bits per heavy atom. The van der Waals surface area contributed by atoms with Gasteiger partial charge < -0.3 is 10.1 Å². The van der Waals surface area contributed by atoms with Gasteiger partial charge in [-0.2, -0.15) is 5.26 Å². The monoisotopic (exact) mass is 186 g/mol. The molecule has 0 radical (unpaired) electrons. The molecule has 70 valence electrons. The Morgan fingerprint density at radius 2 is 2.43 bits per heavy atom. The minimum Gasteiger partial charge on any atom is -0.324 e. The van der Waals surface area contributed by atoms with Crippen LogP contribution in [0, 0.1) is 18.3 Å². The summed E-state index contributed by atoms with van der Waals surface area (Å²) in [6, 6.07) is 5.96. The molecule has 0 spiro atoms. The van der Waals surface area contributed by atoms with Crippen LogP contribution in [0.25, 0.3) is 5.52 Å². The third-order valence-corrected chi connectivity index (χ3v) is 2.23. The number of pyridine rings is 1. The van der Waals surface area contributed by atoms with E-state index in [1.54, 1.807) is 0 Å². The van der Waals surface area contributed by atoms with Crippen molar-refractivity contribution in [3.8, 4) is 6.07 Å². The van der Waals surface area contributed by atoms with Crippen LogP contribution in [-0.4, -0.2) is 9.38 Å². The lowest BCUT2D eigenvalue weighted by Gasteiger charge is -1.99. The fraction of sp³-hybridized carbons (Fsp3) is 0.200. The molecule has 0 bridgehead atoms. The molecule has 0 unspecified atom stereocenters. The van der Waals surface area contributed by atoms with Crippen LogP contribution in [0.4, 0.5) is 0 Å². The quantitative estimate of drug-likeness (QED) is 0.721. The van der Waals surface area contributed by atoms with Crippen molar-refractivity contribution in [1.82, 2.24) is 9.38 Å². The molecule has 2 heterocycles. The summed E-state index contributed by atoms with van der Waals surface area (Å²) >= 11 is 0. The number of nitrogens with zero attached hydrogens (tertiary/aromatic N) is 3. The SMILES string of the molecule is Cc1cccn2c(CN)nc(C#N)c12. The van der Waals surface area contributed by atoms with Gasteiger partial charge in [-0.1, -0.05) is 6.07 Å². The first-order valence-corrected chi connectivity index (χ1v) is 4.34. The molecule has 0 atom stereocenters. The summed E-state index contributed by atoms with van der Waals surface area (Å²) in [7, 11) is 0. The normalized spacial score (nSPS) is 10.4. The molecule has 2 aromatic rings. The molecule has 14 heavy (non-hydrogen) atoms. The van der Waals surface area contributed by atoms with Crippen molar-refractivity contribution in [2.24, 2.45) is 5.73 Å². The third kappa shape index (κ3) is 1.07. The molecular weight excluding hydrogens is 176 g/mol. The van der Waals surface area contributed by atoms with E-state index in [1.165, 1.54) is 0 Å². The van der Waals surface area contributed by atoms with E-state index < -0.39 is 0 Å². The number of hydrogen-bond acceptors (Lipinski definition) is 3.